The van der Waals surface area contributed by atoms with Crippen molar-refractivity contribution in [3.63, 3.8) is 0 Å². The molecular weight excluding hydrogens is 560 g/mol. The molecule has 5 nitrogen and oxygen atoms in total. The lowest BCUT2D eigenvalue weighted by Crippen LogP contribution is -2.41. The number of hydrogen-bond donors (Lipinski definition) is 2. The summed E-state index contributed by atoms with van der Waals surface area (Å²) in [5, 5.41) is 21.6. The van der Waals surface area contributed by atoms with E-state index in [9.17, 15) is 10.2 Å². The Bertz CT molecular complexity index is 901. The first-order valence-electron chi connectivity index (χ1n) is 19.2. The monoisotopic (exact) mass is 631 g/mol. The van der Waals surface area contributed by atoms with Gasteiger partial charge in [-0.3, -0.25) is 0 Å². The highest BCUT2D eigenvalue weighted by molar-refractivity contribution is 5.10. The zero-order valence-corrected chi connectivity index (χ0v) is 29.8. The molecule has 4 rings (SSSR count). The van der Waals surface area contributed by atoms with E-state index in [1.807, 2.05) is 0 Å². The number of aliphatic hydroxyl groups excluding tert-OH is 2. The standard InChI is InChI=1S/C40H70O5/c1-8-9-11-27(4)37(42)19-14-31-22-28(5)30(7)33(24-31)25-38-32(20-21-43-38)12-10-13-34(41)15-16-35-17-18-36-23-29(6)40(45-36)39(44-35)26(2)3/h26,28-29,31-42H,4,7-25H2,1-3,5-6H3/t28?,29?,31?,32?,33?,34?,35?,36?,37?,38-,39?,40?/m0/s1. The molecule has 0 aromatic heterocycles. The maximum Gasteiger partial charge on any atom is 0.0869 e. The number of hydrogen-bond acceptors (Lipinski definition) is 5. The summed E-state index contributed by atoms with van der Waals surface area (Å²) in [5.41, 5.74) is 2.42. The number of aliphatic hydroxyl groups is 2. The fourth-order valence-corrected chi connectivity index (χ4v) is 9.09. The van der Waals surface area contributed by atoms with Gasteiger partial charge in [0.1, 0.15) is 0 Å². The van der Waals surface area contributed by atoms with Crippen molar-refractivity contribution in [1.82, 2.24) is 0 Å². The molecule has 0 aromatic carbocycles. The molecule has 3 heterocycles. The van der Waals surface area contributed by atoms with Gasteiger partial charge in [-0.15, -0.1) is 0 Å². The molecule has 0 amide bonds. The van der Waals surface area contributed by atoms with Gasteiger partial charge in [-0.2, -0.15) is 0 Å². The van der Waals surface area contributed by atoms with Gasteiger partial charge < -0.3 is 24.4 Å². The number of unbranched alkanes of at least 4 members (excludes halogenated alkanes) is 1. The SMILES string of the molecule is C=C(CCCC)C(O)CCC1CC(C)C(=C)C(C[C@@H]2OCCC2CCCC(O)CCC2CCC3CC(C)C(O3)C(C(C)C)O2)C1. The maximum atomic E-state index is 11.0. The smallest absolute Gasteiger partial charge is 0.0869 e. The van der Waals surface area contributed by atoms with Crippen molar-refractivity contribution in [2.75, 3.05) is 6.61 Å². The first-order chi connectivity index (χ1) is 21.5. The minimum atomic E-state index is -0.358. The van der Waals surface area contributed by atoms with Gasteiger partial charge in [0, 0.05) is 6.61 Å². The van der Waals surface area contributed by atoms with Crippen molar-refractivity contribution in [3.05, 3.63) is 24.3 Å². The fraction of sp³-hybridized carbons (Fsp3) is 0.900. The minimum Gasteiger partial charge on any atom is -0.393 e. The van der Waals surface area contributed by atoms with Crippen LogP contribution in [-0.2, 0) is 14.2 Å². The van der Waals surface area contributed by atoms with Crippen LogP contribution in [0.4, 0.5) is 0 Å². The molecule has 2 bridgehead atoms. The third-order valence-electron chi connectivity index (χ3n) is 12.1. The van der Waals surface area contributed by atoms with Crippen LogP contribution in [0.15, 0.2) is 24.3 Å². The Hall–Kier alpha value is -0.720. The van der Waals surface area contributed by atoms with E-state index in [0.29, 0.717) is 47.7 Å². The lowest BCUT2D eigenvalue weighted by molar-refractivity contribution is -0.146. The first-order valence-corrected chi connectivity index (χ1v) is 19.2. The molecule has 5 heteroatoms. The first kappa shape index (κ1) is 37.1. The third-order valence-corrected chi connectivity index (χ3v) is 12.1. The average Bonchev–Trinajstić information content (AvgIpc) is 3.61. The van der Waals surface area contributed by atoms with Crippen LogP contribution in [0.3, 0.4) is 0 Å². The lowest BCUT2D eigenvalue weighted by Gasteiger charge is -2.38. The molecule has 0 spiro atoms. The molecule has 4 fully saturated rings. The predicted molar refractivity (Wildman–Crippen MR) is 185 cm³/mol. The van der Waals surface area contributed by atoms with E-state index >= 15 is 0 Å². The van der Waals surface area contributed by atoms with Crippen LogP contribution in [0.5, 0.6) is 0 Å². The summed E-state index contributed by atoms with van der Waals surface area (Å²) in [4.78, 5) is 0. The Morgan fingerprint density at radius 1 is 0.933 bits per heavy atom. The summed E-state index contributed by atoms with van der Waals surface area (Å²) in [6.45, 7) is 20.9. The van der Waals surface area contributed by atoms with Crippen molar-refractivity contribution in [2.45, 2.75) is 187 Å². The van der Waals surface area contributed by atoms with Crippen molar-refractivity contribution < 1.29 is 24.4 Å². The Morgan fingerprint density at radius 3 is 2.49 bits per heavy atom. The van der Waals surface area contributed by atoms with Gasteiger partial charge in [0.2, 0.25) is 0 Å². The van der Waals surface area contributed by atoms with Gasteiger partial charge in [0.25, 0.3) is 0 Å². The Labute approximate surface area is 276 Å². The Balaban J connectivity index is 1.18. The van der Waals surface area contributed by atoms with Crippen LogP contribution in [0, 0.1) is 35.5 Å². The summed E-state index contributed by atoms with van der Waals surface area (Å²) in [7, 11) is 0. The predicted octanol–water partition coefficient (Wildman–Crippen LogP) is 9.20. The summed E-state index contributed by atoms with van der Waals surface area (Å²) >= 11 is 0. The normalized spacial score (nSPS) is 37.0. The zero-order chi connectivity index (χ0) is 32.5. The molecule has 1 aliphatic carbocycles. The second-order valence-electron chi connectivity index (χ2n) is 16.2. The van der Waals surface area contributed by atoms with Gasteiger partial charge in [-0.1, -0.05) is 66.2 Å². The highest BCUT2D eigenvalue weighted by Gasteiger charge is 2.42. The summed E-state index contributed by atoms with van der Waals surface area (Å²) < 4.78 is 19.4. The molecule has 12 atom stereocenters. The molecule has 3 aliphatic heterocycles. The van der Waals surface area contributed by atoms with Gasteiger partial charge >= 0.3 is 0 Å². The highest BCUT2D eigenvalue weighted by Crippen LogP contribution is 2.44. The van der Waals surface area contributed by atoms with E-state index in [0.717, 1.165) is 108 Å². The lowest BCUT2D eigenvalue weighted by atomic mass is 9.69. The van der Waals surface area contributed by atoms with Gasteiger partial charge in [-0.05, 0) is 137 Å². The van der Waals surface area contributed by atoms with Gasteiger partial charge in [0.15, 0.2) is 0 Å². The van der Waals surface area contributed by atoms with E-state index < -0.39 is 0 Å². The molecule has 260 valence electrons. The highest BCUT2D eigenvalue weighted by atomic mass is 16.6. The fourth-order valence-electron chi connectivity index (χ4n) is 9.09. The second-order valence-corrected chi connectivity index (χ2v) is 16.2. The van der Waals surface area contributed by atoms with E-state index in [2.05, 4.69) is 47.8 Å². The number of allylic oxidation sites excluding steroid dienone is 1. The topological polar surface area (TPSA) is 68.2 Å². The summed E-state index contributed by atoms with van der Waals surface area (Å²) in [6.07, 6.45) is 18.5. The molecule has 1 saturated carbocycles. The van der Waals surface area contributed by atoms with Gasteiger partial charge in [0.05, 0.1) is 42.7 Å². The Kier molecular flexibility index (Phi) is 15.0. The van der Waals surface area contributed by atoms with Crippen LogP contribution in [-0.4, -0.2) is 59.5 Å². The van der Waals surface area contributed by atoms with Crippen molar-refractivity contribution in [3.8, 4) is 0 Å². The average molecular weight is 631 g/mol. The van der Waals surface area contributed by atoms with Crippen molar-refractivity contribution in [2.24, 2.45) is 35.5 Å². The molecule has 4 aliphatic rings. The van der Waals surface area contributed by atoms with Crippen LogP contribution in [0.2, 0.25) is 0 Å². The third kappa shape index (κ3) is 10.9. The van der Waals surface area contributed by atoms with Crippen LogP contribution in [0.25, 0.3) is 0 Å². The summed E-state index contributed by atoms with van der Waals surface area (Å²) in [6, 6.07) is 0. The molecule has 11 unspecified atom stereocenters. The quantitative estimate of drug-likeness (QED) is 0.157. The van der Waals surface area contributed by atoms with Crippen LogP contribution >= 0.6 is 0 Å². The Morgan fingerprint density at radius 2 is 1.73 bits per heavy atom. The molecule has 0 radical (unpaired) electrons. The van der Waals surface area contributed by atoms with Crippen molar-refractivity contribution >= 4 is 0 Å². The van der Waals surface area contributed by atoms with Crippen LogP contribution < -0.4 is 0 Å². The van der Waals surface area contributed by atoms with E-state index in [4.69, 9.17) is 14.2 Å². The maximum absolute atomic E-state index is 11.0. The van der Waals surface area contributed by atoms with Crippen molar-refractivity contribution in [1.29, 1.82) is 0 Å². The summed E-state index contributed by atoms with van der Waals surface area (Å²) in [5.74, 6) is 3.28. The molecule has 3 saturated heterocycles. The van der Waals surface area contributed by atoms with E-state index in [1.165, 1.54) is 18.4 Å². The van der Waals surface area contributed by atoms with E-state index in [1.54, 1.807) is 0 Å². The molecular formula is C40H70O5. The van der Waals surface area contributed by atoms with Gasteiger partial charge in [-0.25, -0.2) is 0 Å². The number of rotatable bonds is 17. The van der Waals surface area contributed by atoms with Crippen LogP contribution in [0.1, 0.15) is 144 Å². The second kappa shape index (κ2) is 18.2. The zero-order valence-electron chi connectivity index (χ0n) is 29.8. The molecule has 45 heavy (non-hydrogen) atoms. The van der Waals surface area contributed by atoms with E-state index in [-0.39, 0.29) is 30.5 Å². The minimum absolute atomic E-state index is 0.160. The number of ether oxygens (including phenoxy) is 3. The molecule has 2 N–H and O–H groups in total. The number of fused-ring (bicyclic) bond motifs is 2. The largest absolute Gasteiger partial charge is 0.393 e. The molecule has 0 aromatic rings.